The summed E-state index contributed by atoms with van der Waals surface area (Å²) in [5.74, 6) is 0. The first kappa shape index (κ1) is 13.1. The topological polar surface area (TPSA) is 41.5 Å². The molecule has 3 aromatic rings. The second kappa shape index (κ2) is 6.01. The van der Waals surface area contributed by atoms with Gasteiger partial charge in [0.1, 0.15) is 0 Å². The molecule has 0 saturated carbocycles. The van der Waals surface area contributed by atoms with E-state index in [9.17, 15) is 4.91 Å². The molecular weight excluding hydrogens is 260 g/mol. The van der Waals surface area contributed by atoms with Gasteiger partial charge in [0.2, 0.25) is 0 Å². The molecule has 3 aromatic carbocycles. The van der Waals surface area contributed by atoms with Crippen LogP contribution >= 0.6 is 0 Å². The molecule has 0 fully saturated rings. The summed E-state index contributed by atoms with van der Waals surface area (Å²) >= 11 is 0. The highest BCUT2D eigenvalue weighted by Gasteiger charge is 2.06. The predicted molar refractivity (Wildman–Crippen MR) is 86.7 cm³/mol. The molecule has 0 spiro atoms. The van der Waals surface area contributed by atoms with Gasteiger partial charge in [0.05, 0.1) is 11.0 Å². The summed E-state index contributed by atoms with van der Waals surface area (Å²) in [6, 6.07) is 26.2. The van der Waals surface area contributed by atoms with Crippen LogP contribution in [0.15, 0.2) is 84.1 Å². The molecule has 3 rings (SSSR count). The van der Waals surface area contributed by atoms with Crippen molar-refractivity contribution in [1.82, 2.24) is 0 Å². The quantitative estimate of drug-likeness (QED) is 0.530. The molecule has 0 bridgehead atoms. The van der Waals surface area contributed by atoms with Gasteiger partial charge in [-0.25, -0.2) is 5.43 Å². The maximum absolute atomic E-state index is 10.2. The van der Waals surface area contributed by atoms with Crippen molar-refractivity contribution < 1.29 is 0 Å². The van der Waals surface area contributed by atoms with Gasteiger partial charge in [0, 0.05) is 0 Å². The van der Waals surface area contributed by atoms with Gasteiger partial charge in [0.15, 0.2) is 0 Å². The minimum atomic E-state index is 0.686. The summed E-state index contributed by atoms with van der Waals surface area (Å²) in [7, 11) is 0. The number of nitrogens with zero attached hydrogens (tertiary/aromatic N) is 1. The SMILES string of the molecule is O=NNc1ccc(-c2ccccc2-c2ccccc2)cc1. The second-order valence-electron chi connectivity index (χ2n) is 4.69. The largest absolute Gasteiger partial charge is 0.242 e. The number of benzene rings is 3. The molecule has 0 aliphatic rings. The molecule has 0 unspecified atom stereocenters. The molecule has 102 valence electrons. The normalized spacial score (nSPS) is 10.1. The summed E-state index contributed by atoms with van der Waals surface area (Å²) in [5, 5.41) is 2.67. The molecule has 3 heteroatoms. The van der Waals surface area contributed by atoms with Crippen molar-refractivity contribution in [1.29, 1.82) is 0 Å². The molecule has 21 heavy (non-hydrogen) atoms. The molecule has 0 radical (unpaired) electrons. The van der Waals surface area contributed by atoms with E-state index < -0.39 is 0 Å². The van der Waals surface area contributed by atoms with E-state index in [-0.39, 0.29) is 0 Å². The minimum absolute atomic E-state index is 0.686. The Hall–Kier alpha value is -2.94. The van der Waals surface area contributed by atoms with Crippen LogP contribution in [0.2, 0.25) is 0 Å². The monoisotopic (exact) mass is 274 g/mol. The summed E-state index contributed by atoms with van der Waals surface area (Å²) in [6.07, 6.45) is 0. The Balaban J connectivity index is 2.05. The van der Waals surface area contributed by atoms with E-state index in [0.717, 1.165) is 11.1 Å². The lowest BCUT2D eigenvalue weighted by molar-refractivity contribution is 1.32. The van der Waals surface area contributed by atoms with Gasteiger partial charge in [-0.3, -0.25) is 0 Å². The Kier molecular flexibility index (Phi) is 3.74. The van der Waals surface area contributed by atoms with Crippen LogP contribution in [0.4, 0.5) is 5.69 Å². The lowest BCUT2D eigenvalue weighted by Crippen LogP contribution is -1.87. The number of hydrogen-bond acceptors (Lipinski definition) is 2. The van der Waals surface area contributed by atoms with Crippen LogP contribution < -0.4 is 5.43 Å². The van der Waals surface area contributed by atoms with Crippen molar-refractivity contribution in [3.05, 3.63) is 83.8 Å². The van der Waals surface area contributed by atoms with Gasteiger partial charge in [-0.2, -0.15) is 0 Å². The van der Waals surface area contributed by atoms with Crippen molar-refractivity contribution in [3.63, 3.8) is 0 Å². The molecule has 0 aliphatic carbocycles. The van der Waals surface area contributed by atoms with Crippen LogP contribution in [0.5, 0.6) is 0 Å². The minimum Gasteiger partial charge on any atom is -0.242 e. The van der Waals surface area contributed by atoms with Gasteiger partial charge in [-0.15, -0.1) is 4.91 Å². The molecule has 0 aliphatic heterocycles. The highest BCUT2D eigenvalue weighted by Crippen LogP contribution is 2.32. The average Bonchev–Trinajstić information content (AvgIpc) is 2.57. The highest BCUT2D eigenvalue weighted by atomic mass is 16.3. The first-order chi connectivity index (χ1) is 10.4. The van der Waals surface area contributed by atoms with Gasteiger partial charge >= 0.3 is 0 Å². The van der Waals surface area contributed by atoms with Crippen molar-refractivity contribution >= 4 is 5.69 Å². The summed E-state index contributed by atoms with van der Waals surface area (Å²) in [6.45, 7) is 0. The number of rotatable bonds is 4. The van der Waals surface area contributed by atoms with Gasteiger partial charge in [0.25, 0.3) is 0 Å². The van der Waals surface area contributed by atoms with Crippen molar-refractivity contribution in [3.8, 4) is 22.3 Å². The fourth-order valence-electron chi connectivity index (χ4n) is 2.38. The summed E-state index contributed by atoms with van der Waals surface area (Å²) < 4.78 is 0. The molecule has 0 amide bonds. The number of nitroso groups, excluding NO2 is 1. The van der Waals surface area contributed by atoms with Gasteiger partial charge in [-0.05, 0) is 34.4 Å². The Morgan fingerprint density at radius 1 is 0.619 bits per heavy atom. The van der Waals surface area contributed by atoms with Crippen molar-refractivity contribution in [2.45, 2.75) is 0 Å². The smallest absolute Gasteiger partial charge is 0.0594 e. The maximum Gasteiger partial charge on any atom is 0.0594 e. The van der Waals surface area contributed by atoms with E-state index in [2.05, 4.69) is 35.0 Å². The Labute approximate surface area is 123 Å². The third-order valence-corrected chi connectivity index (χ3v) is 3.38. The van der Waals surface area contributed by atoms with Crippen LogP contribution in [0.25, 0.3) is 22.3 Å². The molecule has 3 nitrogen and oxygen atoms in total. The maximum atomic E-state index is 10.2. The van der Waals surface area contributed by atoms with Crippen molar-refractivity contribution in [2.24, 2.45) is 5.29 Å². The zero-order chi connectivity index (χ0) is 14.5. The van der Waals surface area contributed by atoms with Crippen LogP contribution in [-0.4, -0.2) is 0 Å². The lowest BCUT2D eigenvalue weighted by atomic mass is 9.94. The highest BCUT2D eigenvalue weighted by molar-refractivity contribution is 5.83. The van der Waals surface area contributed by atoms with Crippen LogP contribution in [0.3, 0.4) is 0 Å². The number of nitrogens with one attached hydrogen (secondary N) is 1. The van der Waals surface area contributed by atoms with Crippen LogP contribution in [-0.2, 0) is 0 Å². The lowest BCUT2D eigenvalue weighted by Gasteiger charge is -2.10. The van der Waals surface area contributed by atoms with Gasteiger partial charge in [-0.1, -0.05) is 66.7 Å². The first-order valence-electron chi connectivity index (χ1n) is 6.72. The van der Waals surface area contributed by atoms with Crippen molar-refractivity contribution in [2.75, 3.05) is 5.43 Å². The van der Waals surface area contributed by atoms with E-state index in [1.165, 1.54) is 11.1 Å². The molecule has 0 aromatic heterocycles. The van der Waals surface area contributed by atoms with Gasteiger partial charge < -0.3 is 0 Å². The molecule has 0 atom stereocenters. The van der Waals surface area contributed by atoms with E-state index in [0.29, 0.717) is 5.69 Å². The average molecular weight is 274 g/mol. The molecule has 1 N–H and O–H groups in total. The fraction of sp³-hybridized carbons (Fsp3) is 0. The second-order valence-corrected chi connectivity index (χ2v) is 4.69. The molecular formula is C18H14N2O. The fourth-order valence-corrected chi connectivity index (χ4v) is 2.38. The summed E-state index contributed by atoms with van der Waals surface area (Å²) in [5.41, 5.74) is 7.72. The number of anilines is 1. The van der Waals surface area contributed by atoms with Crippen LogP contribution in [0.1, 0.15) is 0 Å². The van der Waals surface area contributed by atoms with Crippen LogP contribution in [0, 0.1) is 4.91 Å². The Morgan fingerprint density at radius 3 is 1.71 bits per heavy atom. The molecule has 0 heterocycles. The Bertz CT molecular complexity index is 737. The van der Waals surface area contributed by atoms with E-state index in [4.69, 9.17) is 0 Å². The zero-order valence-electron chi connectivity index (χ0n) is 11.4. The number of hydrogen-bond donors (Lipinski definition) is 1. The Morgan fingerprint density at radius 2 is 1.14 bits per heavy atom. The predicted octanol–water partition coefficient (Wildman–Crippen LogP) is 5.11. The third-order valence-electron chi connectivity index (χ3n) is 3.38. The zero-order valence-corrected chi connectivity index (χ0v) is 11.4. The third kappa shape index (κ3) is 2.82. The summed E-state index contributed by atoms with van der Waals surface area (Å²) in [4.78, 5) is 10.2. The van der Waals surface area contributed by atoms with E-state index in [1.807, 2.05) is 54.6 Å². The first-order valence-corrected chi connectivity index (χ1v) is 6.72. The van der Waals surface area contributed by atoms with E-state index >= 15 is 0 Å². The van der Waals surface area contributed by atoms with E-state index in [1.54, 1.807) is 0 Å². The standard InChI is InChI=1S/C18H14N2O/c21-20-19-16-12-10-15(11-13-16)18-9-5-4-8-17(18)14-6-2-1-3-7-14/h1-13H,(H,19,21). The molecule has 0 saturated heterocycles.